The van der Waals surface area contributed by atoms with Crippen molar-refractivity contribution in [3.63, 3.8) is 0 Å². The minimum Gasteiger partial charge on any atom is -0.493 e. The van der Waals surface area contributed by atoms with Crippen LogP contribution in [-0.4, -0.2) is 45.3 Å². The maximum absolute atomic E-state index is 11.4. The molecule has 1 unspecified atom stereocenters. The van der Waals surface area contributed by atoms with Gasteiger partial charge >= 0.3 is 0 Å². The molecule has 1 N–H and O–H groups in total. The minimum absolute atomic E-state index is 0.0277. The number of benzene rings is 1. The number of likely N-dealkylation sites (tertiary alicyclic amines) is 1. The van der Waals surface area contributed by atoms with Gasteiger partial charge in [0.1, 0.15) is 5.75 Å². The molecule has 128 valence electrons. The Morgan fingerprint density at radius 2 is 1.96 bits per heavy atom. The van der Waals surface area contributed by atoms with E-state index < -0.39 is 10.0 Å². The second-order valence-corrected chi connectivity index (χ2v) is 8.64. The first-order valence-corrected chi connectivity index (χ1v) is 10.3. The zero-order valence-electron chi connectivity index (χ0n) is 13.7. The number of ether oxygens (including phenoxy) is 1. The van der Waals surface area contributed by atoms with Crippen LogP contribution in [0.4, 0.5) is 0 Å². The van der Waals surface area contributed by atoms with Gasteiger partial charge in [0, 0.05) is 19.1 Å². The van der Waals surface area contributed by atoms with Crippen molar-refractivity contribution < 1.29 is 13.2 Å². The van der Waals surface area contributed by atoms with E-state index in [1.807, 2.05) is 12.1 Å². The molecule has 3 rings (SSSR count). The normalized spacial score (nSPS) is 22.9. The topological polar surface area (TPSA) is 58.6 Å². The fourth-order valence-corrected chi connectivity index (χ4v) is 3.84. The Morgan fingerprint density at radius 1 is 1.22 bits per heavy atom. The minimum atomic E-state index is -3.13. The van der Waals surface area contributed by atoms with Gasteiger partial charge in [-0.2, -0.15) is 0 Å². The van der Waals surface area contributed by atoms with E-state index in [2.05, 4.69) is 21.8 Å². The van der Waals surface area contributed by atoms with Gasteiger partial charge in [0.25, 0.3) is 0 Å². The van der Waals surface area contributed by atoms with Crippen LogP contribution in [0.15, 0.2) is 24.3 Å². The maximum Gasteiger partial charge on any atom is 0.208 e. The van der Waals surface area contributed by atoms with E-state index in [1.165, 1.54) is 24.7 Å². The first kappa shape index (κ1) is 16.7. The summed E-state index contributed by atoms with van der Waals surface area (Å²) >= 11 is 0. The molecule has 0 radical (unpaired) electrons. The molecule has 0 aromatic heterocycles. The zero-order valence-corrected chi connectivity index (χ0v) is 14.5. The summed E-state index contributed by atoms with van der Waals surface area (Å²) in [4.78, 5) is 2.31. The van der Waals surface area contributed by atoms with Crippen LogP contribution in [0, 0.1) is 5.92 Å². The lowest BCUT2D eigenvalue weighted by Crippen LogP contribution is -2.46. The molecule has 2 fully saturated rings. The van der Waals surface area contributed by atoms with Crippen LogP contribution < -0.4 is 9.46 Å². The largest absolute Gasteiger partial charge is 0.493 e. The molecule has 0 bridgehead atoms. The van der Waals surface area contributed by atoms with E-state index in [9.17, 15) is 8.42 Å². The van der Waals surface area contributed by atoms with Crippen molar-refractivity contribution in [3.05, 3.63) is 29.8 Å². The standard InChI is InChI=1S/C17H26N2O3S/c1-23(20,21)18-16-3-2-10-19(12-16)11-14-6-8-17(9-7-14)22-13-15-4-5-15/h6-9,15-16,18H,2-5,10-13H2,1H3. The number of rotatable bonds is 7. The summed E-state index contributed by atoms with van der Waals surface area (Å²) in [6.45, 7) is 3.48. The van der Waals surface area contributed by atoms with Crippen molar-refractivity contribution >= 4 is 10.0 Å². The molecular weight excluding hydrogens is 312 g/mol. The summed E-state index contributed by atoms with van der Waals surface area (Å²) in [6, 6.07) is 8.31. The highest BCUT2D eigenvalue weighted by Crippen LogP contribution is 2.29. The summed E-state index contributed by atoms with van der Waals surface area (Å²) in [5, 5.41) is 0. The Kier molecular flexibility index (Phi) is 5.24. The fourth-order valence-electron chi connectivity index (χ4n) is 3.05. The predicted octanol–water partition coefficient (Wildman–Crippen LogP) is 1.99. The second kappa shape index (κ2) is 7.20. The molecule has 5 nitrogen and oxygen atoms in total. The number of nitrogens with zero attached hydrogens (tertiary/aromatic N) is 1. The molecule has 6 heteroatoms. The third-order valence-electron chi connectivity index (χ3n) is 4.40. The Bertz CT molecular complexity index is 611. The van der Waals surface area contributed by atoms with E-state index in [0.29, 0.717) is 0 Å². The average molecular weight is 338 g/mol. The van der Waals surface area contributed by atoms with Crippen molar-refractivity contribution in [2.75, 3.05) is 26.0 Å². The molecule has 1 saturated heterocycles. The van der Waals surface area contributed by atoms with E-state index >= 15 is 0 Å². The number of hydrogen-bond acceptors (Lipinski definition) is 4. The first-order valence-electron chi connectivity index (χ1n) is 8.39. The smallest absolute Gasteiger partial charge is 0.208 e. The van der Waals surface area contributed by atoms with Crippen molar-refractivity contribution in [1.29, 1.82) is 0 Å². The molecule has 1 aromatic rings. The first-order chi connectivity index (χ1) is 11.0. The Morgan fingerprint density at radius 3 is 2.61 bits per heavy atom. The van der Waals surface area contributed by atoms with Crippen LogP contribution in [-0.2, 0) is 16.6 Å². The number of hydrogen-bond donors (Lipinski definition) is 1. The van der Waals surface area contributed by atoms with E-state index in [0.717, 1.165) is 50.8 Å². The van der Waals surface area contributed by atoms with Gasteiger partial charge in [-0.3, -0.25) is 4.90 Å². The zero-order chi connectivity index (χ0) is 16.3. The van der Waals surface area contributed by atoms with Crippen LogP contribution in [0.25, 0.3) is 0 Å². The van der Waals surface area contributed by atoms with Gasteiger partial charge < -0.3 is 4.74 Å². The van der Waals surface area contributed by atoms with Crippen LogP contribution in [0.3, 0.4) is 0 Å². The lowest BCUT2D eigenvalue weighted by Gasteiger charge is -2.32. The van der Waals surface area contributed by atoms with Gasteiger partial charge in [-0.1, -0.05) is 12.1 Å². The highest BCUT2D eigenvalue weighted by molar-refractivity contribution is 7.88. The second-order valence-electron chi connectivity index (χ2n) is 6.86. The van der Waals surface area contributed by atoms with Crippen molar-refractivity contribution in [1.82, 2.24) is 9.62 Å². The van der Waals surface area contributed by atoms with E-state index in [1.54, 1.807) is 0 Å². The monoisotopic (exact) mass is 338 g/mol. The lowest BCUT2D eigenvalue weighted by atomic mass is 10.1. The van der Waals surface area contributed by atoms with Crippen LogP contribution in [0.2, 0.25) is 0 Å². The molecular formula is C17H26N2O3S. The molecule has 2 aliphatic rings. The lowest BCUT2D eigenvalue weighted by molar-refractivity contribution is 0.194. The summed E-state index contributed by atoms with van der Waals surface area (Å²) in [7, 11) is -3.13. The molecule has 0 amide bonds. The number of piperidine rings is 1. The predicted molar refractivity (Wildman–Crippen MR) is 90.9 cm³/mol. The summed E-state index contributed by atoms with van der Waals surface area (Å²) in [6.07, 6.45) is 5.77. The summed E-state index contributed by atoms with van der Waals surface area (Å²) in [5.74, 6) is 1.71. The number of nitrogens with one attached hydrogen (secondary N) is 1. The van der Waals surface area contributed by atoms with Crippen molar-refractivity contribution in [2.24, 2.45) is 5.92 Å². The quantitative estimate of drug-likeness (QED) is 0.826. The van der Waals surface area contributed by atoms with Crippen LogP contribution in [0.5, 0.6) is 5.75 Å². The summed E-state index contributed by atoms with van der Waals surface area (Å²) < 4.78 is 31.2. The summed E-state index contributed by atoms with van der Waals surface area (Å²) in [5.41, 5.74) is 1.24. The number of sulfonamides is 1. The van der Waals surface area contributed by atoms with Crippen LogP contribution in [0.1, 0.15) is 31.2 Å². The molecule has 1 saturated carbocycles. The third-order valence-corrected chi connectivity index (χ3v) is 5.16. The van der Waals surface area contributed by atoms with Gasteiger partial charge in [-0.15, -0.1) is 0 Å². The van der Waals surface area contributed by atoms with Gasteiger partial charge in [-0.25, -0.2) is 13.1 Å². The molecule has 23 heavy (non-hydrogen) atoms. The Balaban J connectivity index is 1.49. The molecule has 1 heterocycles. The average Bonchev–Trinajstić information content (AvgIpc) is 3.29. The van der Waals surface area contributed by atoms with Crippen molar-refractivity contribution in [2.45, 2.75) is 38.3 Å². The van der Waals surface area contributed by atoms with E-state index in [-0.39, 0.29) is 6.04 Å². The molecule has 1 aliphatic heterocycles. The fraction of sp³-hybridized carbons (Fsp3) is 0.647. The molecule has 0 spiro atoms. The van der Waals surface area contributed by atoms with E-state index in [4.69, 9.17) is 4.74 Å². The third kappa shape index (κ3) is 5.79. The molecule has 1 aliphatic carbocycles. The maximum atomic E-state index is 11.4. The molecule has 1 atom stereocenters. The van der Waals surface area contributed by atoms with Gasteiger partial charge in [0.05, 0.1) is 12.9 Å². The Labute approximate surface area is 139 Å². The van der Waals surface area contributed by atoms with Gasteiger partial charge in [0.2, 0.25) is 10.0 Å². The highest BCUT2D eigenvalue weighted by Gasteiger charge is 2.23. The SMILES string of the molecule is CS(=O)(=O)NC1CCCN(Cc2ccc(OCC3CC3)cc2)C1. The Hall–Kier alpha value is -1.11. The van der Waals surface area contributed by atoms with Crippen molar-refractivity contribution in [3.8, 4) is 5.75 Å². The van der Waals surface area contributed by atoms with Gasteiger partial charge in [0.15, 0.2) is 0 Å². The van der Waals surface area contributed by atoms with Crippen LogP contribution >= 0.6 is 0 Å². The molecule has 1 aromatic carbocycles. The van der Waals surface area contributed by atoms with Gasteiger partial charge in [-0.05, 0) is 55.8 Å². The highest BCUT2D eigenvalue weighted by atomic mass is 32.2.